The van der Waals surface area contributed by atoms with Gasteiger partial charge in [0.25, 0.3) is 0 Å². The van der Waals surface area contributed by atoms with E-state index in [0.29, 0.717) is 16.3 Å². The largest absolute Gasteiger partial charge is 0.294 e. The average Bonchev–Trinajstić information content (AvgIpc) is 2.14. The minimum atomic E-state index is -0.0382. The van der Waals surface area contributed by atoms with Gasteiger partial charge in [-0.05, 0) is 25.1 Å². The van der Waals surface area contributed by atoms with E-state index < -0.39 is 0 Å². The third kappa shape index (κ3) is 2.80. The Hall–Kier alpha value is -0.910. The van der Waals surface area contributed by atoms with E-state index in [1.807, 2.05) is 0 Å². The van der Waals surface area contributed by atoms with E-state index in [1.165, 1.54) is 6.92 Å². The Bertz CT molecular complexity index is 415. The van der Waals surface area contributed by atoms with E-state index in [0.717, 1.165) is 5.56 Å². The van der Waals surface area contributed by atoms with Crippen LogP contribution >= 0.6 is 24.2 Å². The van der Waals surface area contributed by atoms with Crippen molar-refractivity contribution in [3.8, 4) is 11.8 Å². The third-order valence-electron chi connectivity index (χ3n) is 1.66. The molecule has 0 heterocycles. The summed E-state index contributed by atoms with van der Waals surface area (Å²) in [6.45, 7) is 1.49. The Kier molecular flexibility index (Phi) is 4.06. The molecule has 1 rings (SSSR count). The lowest BCUT2D eigenvalue weighted by Gasteiger charge is -1.99. The zero-order chi connectivity index (χ0) is 10.6. The second-order valence-corrected chi connectivity index (χ2v) is 3.43. The van der Waals surface area contributed by atoms with Gasteiger partial charge in [0.05, 0.1) is 10.8 Å². The lowest BCUT2D eigenvalue weighted by Crippen LogP contribution is -1.93. The number of benzene rings is 1. The molecule has 0 bridgehead atoms. The molecule has 0 aliphatic carbocycles. The van der Waals surface area contributed by atoms with E-state index >= 15 is 0 Å². The Morgan fingerprint density at radius 1 is 1.57 bits per heavy atom. The maximum absolute atomic E-state index is 11.1. The predicted molar refractivity (Wildman–Crippen MR) is 62.2 cm³/mol. The lowest BCUT2D eigenvalue weighted by atomic mass is 10.1. The molecule has 0 atom stereocenters. The molecule has 1 aromatic rings. The number of carbonyl (C=O) groups is 1. The molecular formula is C11H9ClOS. The molecule has 0 saturated heterocycles. The summed E-state index contributed by atoms with van der Waals surface area (Å²) < 4.78 is 0. The highest BCUT2D eigenvalue weighted by molar-refractivity contribution is 7.80. The zero-order valence-corrected chi connectivity index (χ0v) is 9.32. The van der Waals surface area contributed by atoms with Crippen molar-refractivity contribution in [1.29, 1.82) is 0 Å². The molecule has 0 amide bonds. The van der Waals surface area contributed by atoms with Gasteiger partial charge in [-0.3, -0.25) is 4.79 Å². The maximum Gasteiger partial charge on any atom is 0.161 e. The SMILES string of the molecule is CC(=O)c1ccc(C#CCS)cc1Cl. The van der Waals surface area contributed by atoms with Crippen molar-refractivity contribution >= 4 is 30.0 Å². The number of carbonyl (C=O) groups excluding carboxylic acids is 1. The Morgan fingerprint density at radius 3 is 2.79 bits per heavy atom. The van der Waals surface area contributed by atoms with Crippen LogP contribution in [0.3, 0.4) is 0 Å². The van der Waals surface area contributed by atoms with Crippen LogP contribution in [0.4, 0.5) is 0 Å². The van der Waals surface area contributed by atoms with E-state index in [1.54, 1.807) is 18.2 Å². The fourth-order valence-electron chi connectivity index (χ4n) is 1.02. The highest BCUT2D eigenvalue weighted by Crippen LogP contribution is 2.17. The molecule has 0 radical (unpaired) electrons. The highest BCUT2D eigenvalue weighted by Gasteiger charge is 2.04. The average molecular weight is 225 g/mol. The monoisotopic (exact) mass is 224 g/mol. The minimum Gasteiger partial charge on any atom is -0.294 e. The molecule has 0 aliphatic rings. The van der Waals surface area contributed by atoms with Crippen LogP contribution in [0.5, 0.6) is 0 Å². The minimum absolute atomic E-state index is 0.0382. The summed E-state index contributed by atoms with van der Waals surface area (Å²) in [7, 11) is 0. The van der Waals surface area contributed by atoms with E-state index in [-0.39, 0.29) is 5.78 Å². The zero-order valence-electron chi connectivity index (χ0n) is 7.67. The van der Waals surface area contributed by atoms with Gasteiger partial charge in [-0.25, -0.2) is 0 Å². The predicted octanol–water partition coefficient (Wildman–Crippen LogP) is 2.82. The summed E-state index contributed by atoms with van der Waals surface area (Å²) >= 11 is 9.86. The first-order valence-corrected chi connectivity index (χ1v) is 5.06. The van der Waals surface area contributed by atoms with Crippen molar-refractivity contribution in [3.63, 3.8) is 0 Å². The van der Waals surface area contributed by atoms with Gasteiger partial charge in [-0.2, -0.15) is 12.6 Å². The smallest absolute Gasteiger partial charge is 0.161 e. The first kappa shape index (κ1) is 11.2. The molecule has 0 N–H and O–H groups in total. The van der Waals surface area contributed by atoms with E-state index in [9.17, 15) is 4.79 Å². The molecule has 0 spiro atoms. The van der Waals surface area contributed by atoms with Crippen LogP contribution in [0.1, 0.15) is 22.8 Å². The van der Waals surface area contributed by atoms with E-state index in [4.69, 9.17) is 11.6 Å². The van der Waals surface area contributed by atoms with Gasteiger partial charge in [0.15, 0.2) is 5.78 Å². The summed E-state index contributed by atoms with van der Waals surface area (Å²) in [5.41, 5.74) is 1.33. The molecule has 0 aromatic heterocycles. The fourth-order valence-corrected chi connectivity index (χ4v) is 1.41. The topological polar surface area (TPSA) is 17.1 Å². The third-order valence-corrected chi connectivity index (χ3v) is 2.13. The number of hydrogen-bond donors (Lipinski definition) is 1. The normalized spacial score (nSPS) is 9.07. The molecule has 72 valence electrons. The van der Waals surface area contributed by atoms with Crippen LogP contribution in [-0.4, -0.2) is 11.5 Å². The standard InChI is InChI=1S/C11H9ClOS/c1-8(13)10-5-4-9(3-2-6-14)7-11(10)12/h4-5,7,14H,6H2,1H3. The second-order valence-electron chi connectivity index (χ2n) is 2.71. The summed E-state index contributed by atoms with van der Waals surface area (Å²) in [6, 6.07) is 5.15. The van der Waals surface area contributed by atoms with Gasteiger partial charge in [0.2, 0.25) is 0 Å². The first-order valence-electron chi connectivity index (χ1n) is 4.05. The maximum atomic E-state index is 11.1. The number of halogens is 1. The van der Waals surface area contributed by atoms with Crippen molar-refractivity contribution in [2.45, 2.75) is 6.92 Å². The van der Waals surface area contributed by atoms with Gasteiger partial charge in [-0.15, -0.1) is 0 Å². The quantitative estimate of drug-likeness (QED) is 0.441. The molecule has 3 heteroatoms. The second kappa shape index (κ2) is 5.09. The molecule has 1 aromatic carbocycles. The van der Waals surface area contributed by atoms with Crippen LogP contribution in [-0.2, 0) is 0 Å². The Labute approximate surface area is 93.9 Å². The van der Waals surface area contributed by atoms with Crippen LogP contribution in [0.15, 0.2) is 18.2 Å². The Balaban J connectivity index is 3.06. The number of thiol groups is 1. The number of Topliss-reactive ketones (excluding diaryl/α,β-unsaturated/α-hetero) is 1. The van der Waals surface area contributed by atoms with Gasteiger partial charge in [0, 0.05) is 11.1 Å². The van der Waals surface area contributed by atoms with Gasteiger partial charge >= 0.3 is 0 Å². The lowest BCUT2D eigenvalue weighted by molar-refractivity contribution is 0.101. The van der Waals surface area contributed by atoms with Crippen molar-refractivity contribution in [3.05, 3.63) is 34.3 Å². The van der Waals surface area contributed by atoms with Crippen LogP contribution < -0.4 is 0 Å². The van der Waals surface area contributed by atoms with E-state index in [2.05, 4.69) is 24.5 Å². The molecular weight excluding hydrogens is 216 g/mol. The van der Waals surface area contributed by atoms with Crippen molar-refractivity contribution in [1.82, 2.24) is 0 Å². The summed E-state index contributed by atoms with van der Waals surface area (Å²) in [5, 5.41) is 0.448. The molecule has 1 nitrogen and oxygen atoms in total. The van der Waals surface area contributed by atoms with Crippen molar-refractivity contribution in [2.75, 3.05) is 5.75 Å². The van der Waals surface area contributed by atoms with Gasteiger partial charge < -0.3 is 0 Å². The number of hydrogen-bond acceptors (Lipinski definition) is 2. The molecule has 0 fully saturated rings. The Morgan fingerprint density at radius 2 is 2.29 bits per heavy atom. The van der Waals surface area contributed by atoms with Crippen LogP contribution in [0, 0.1) is 11.8 Å². The number of ketones is 1. The van der Waals surface area contributed by atoms with Crippen LogP contribution in [0.2, 0.25) is 5.02 Å². The fraction of sp³-hybridized carbons (Fsp3) is 0.182. The van der Waals surface area contributed by atoms with Gasteiger partial charge in [0.1, 0.15) is 0 Å². The molecule has 0 saturated carbocycles. The van der Waals surface area contributed by atoms with Crippen molar-refractivity contribution < 1.29 is 4.79 Å². The highest BCUT2D eigenvalue weighted by atomic mass is 35.5. The van der Waals surface area contributed by atoms with Crippen LogP contribution in [0.25, 0.3) is 0 Å². The summed E-state index contributed by atoms with van der Waals surface area (Å²) in [5.74, 6) is 6.16. The number of rotatable bonds is 1. The molecule has 14 heavy (non-hydrogen) atoms. The van der Waals surface area contributed by atoms with Crippen molar-refractivity contribution in [2.24, 2.45) is 0 Å². The molecule has 0 unspecified atom stereocenters. The summed E-state index contributed by atoms with van der Waals surface area (Å²) in [6.07, 6.45) is 0. The first-order chi connectivity index (χ1) is 6.65. The summed E-state index contributed by atoms with van der Waals surface area (Å²) in [4.78, 5) is 11.1. The molecule has 0 aliphatic heterocycles. The van der Waals surface area contributed by atoms with Gasteiger partial charge in [-0.1, -0.05) is 23.4 Å².